The molecule has 0 aromatic rings. The molecule has 1 atom stereocenters. The van der Waals surface area contributed by atoms with Gasteiger partial charge in [-0.1, -0.05) is 272 Å². The Morgan fingerprint density at radius 2 is 0.532 bits per heavy atom. The molecular formula is C56H108O6. The third-order valence-electron chi connectivity index (χ3n) is 12.7. The summed E-state index contributed by atoms with van der Waals surface area (Å²) >= 11 is 0. The number of carbonyl (C=O) groups is 3. The zero-order valence-electron chi connectivity index (χ0n) is 42.5. The number of esters is 3. The highest BCUT2D eigenvalue weighted by atomic mass is 16.6. The van der Waals surface area contributed by atoms with Crippen molar-refractivity contribution in [2.75, 3.05) is 13.2 Å². The SMILES string of the molecule is CCCCCCCCCCCCCCCCC(=O)O[C@@H](COC(=O)CCCCCCCCCCCCCCCCCCC(C)C)COC(=O)CCCCCCCCCCC(C)C. The van der Waals surface area contributed by atoms with Crippen LogP contribution in [0.5, 0.6) is 0 Å². The molecule has 0 aliphatic rings. The molecule has 0 heterocycles. The normalized spacial score (nSPS) is 12.0. The van der Waals surface area contributed by atoms with E-state index in [9.17, 15) is 14.4 Å². The second-order valence-electron chi connectivity index (χ2n) is 20.2. The van der Waals surface area contributed by atoms with E-state index in [4.69, 9.17) is 14.2 Å². The highest BCUT2D eigenvalue weighted by Gasteiger charge is 2.19. The van der Waals surface area contributed by atoms with Gasteiger partial charge in [0.15, 0.2) is 6.10 Å². The Labute approximate surface area is 387 Å². The van der Waals surface area contributed by atoms with Crippen molar-refractivity contribution in [1.29, 1.82) is 0 Å². The number of ether oxygens (including phenoxy) is 3. The molecule has 0 saturated heterocycles. The van der Waals surface area contributed by atoms with E-state index < -0.39 is 6.10 Å². The van der Waals surface area contributed by atoms with Crippen LogP contribution in [0.2, 0.25) is 0 Å². The maximum Gasteiger partial charge on any atom is 0.306 e. The molecule has 0 bridgehead atoms. The monoisotopic (exact) mass is 877 g/mol. The standard InChI is InChI=1S/C56H108O6/c1-6-7-8-9-10-11-12-13-19-23-26-33-38-43-48-56(59)62-53(50-61-55(58)47-42-37-32-28-27-30-35-40-45-52(4)5)49-60-54(57)46-41-36-31-25-22-20-17-15-14-16-18-21-24-29-34-39-44-51(2)3/h51-53H,6-50H2,1-5H3/t53-/m0/s1. The van der Waals surface area contributed by atoms with Crippen LogP contribution in [0.4, 0.5) is 0 Å². The molecule has 368 valence electrons. The van der Waals surface area contributed by atoms with E-state index in [1.807, 2.05) is 0 Å². The van der Waals surface area contributed by atoms with E-state index in [1.165, 1.54) is 199 Å². The first-order valence-corrected chi connectivity index (χ1v) is 27.7. The van der Waals surface area contributed by atoms with Crippen LogP contribution in [0, 0.1) is 11.8 Å². The third kappa shape index (κ3) is 49.4. The van der Waals surface area contributed by atoms with Crippen molar-refractivity contribution in [2.45, 2.75) is 317 Å². The Balaban J connectivity index is 4.25. The summed E-state index contributed by atoms with van der Waals surface area (Å²) in [5.41, 5.74) is 0. The van der Waals surface area contributed by atoms with Gasteiger partial charge in [-0.05, 0) is 31.1 Å². The first-order chi connectivity index (χ1) is 30.2. The first-order valence-electron chi connectivity index (χ1n) is 27.7. The van der Waals surface area contributed by atoms with E-state index in [-0.39, 0.29) is 31.1 Å². The fourth-order valence-electron chi connectivity index (χ4n) is 8.52. The number of hydrogen-bond donors (Lipinski definition) is 0. The average Bonchev–Trinajstić information content (AvgIpc) is 3.24. The molecule has 0 saturated carbocycles. The van der Waals surface area contributed by atoms with Gasteiger partial charge in [0.05, 0.1) is 0 Å². The van der Waals surface area contributed by atoms with Gasteiger partial charge in [-0.25, -0.2) is 0 Å². The van der Waals surface area contributed by atoms with Gasteiger partial charge >= 0.3 is 17.9 Å². The molecule has 0 amide bonds. The highest BCUT2D eigenvalue weighted by molar-refractivity contribution is 5.71. The molecular weight excluding hydrogens is 769 g/mol. The summed E-state index contributed by atoms with van der Waals surface area (Å²) in [5.74, 6) is 0.805. The zero-order valence-corrected chi connectivity index (χ0v) is 42.5. The molecule has 0 radical (unpaired) electrons. The van der Waals surface area contributed by atoms with Crippen molar-refractivity contribution in [1.82, 2.24) is 0 Å². The molecule has 6 heteroatoms. The summed E-state index contributed by atoms with van der Waals surface area (Å²) < 4.78 is 16.8. The maximum atomic E-state index is 12.8. The minimum atomic E-state index is -0.762. The van der Waals surface area contributed by atoms with E-state index >= 15 is 0 Å². The van der Waals surface area contributed by atoms with Crippen molar-refractivity contribution in [2.24, 2.45) is 11.8 Å². The molecule has 0 aromatic heterocycles. The summed E-state index contributed by atoms with van der Waals surface area (Å²) in [6.45, 7) is 11.4. The molecule has 0 aromatic carbocycles. The minimum absolute atomic E-state index is 0.0633. The fourth-order valence-corrected chi connectivity index (χ4v) is 8.52. The molecule has 0 aliphatic heterocycles. The summed E-state index contributed by atoms with van der Waals surface area (Å²) in [7, 11) is 0. The van der Waals surface area contributed by atoms with Crippen molar-refractivity contribution in [3.63, 3.8) is 0 Å². The largest absolute Gasteiger partial charge is 0.462 e. The van der Waals surface area contributed by atoms with E-state index in [2.05, 4.69) is 34.6 Å². The lowest BCUT2D eigenvalue weighted by atomic mass is 10.0. The Hall–Kier alpha value is -1.59. The summed E-state index contributed by atoms with van der Waals surface area (Å²) in [6.07, 6.45) is 51.0. The molecule has 62 heavy (non-hydrogen) atoms. The van der Waals surface area contributed by atoms with Crippen LogP contribution in [-0.2, 0) is 28.6 Å². The lowest BCUT2D eigenvalue weighted by Crippen LogP contribution is -2.30. The van der Waals surface area contributed by atoms with Gasteiger partial charge in [0, 0.05) is 19.3 Å². The van der Waals surface area contributed by atoms with Gasteiger partial charge in [0.25, 0.3) is 0 Å². The Bertz CT molecular complexity index is 947. The second-order valence-corrected chi connectivity index (χ2v) is 20.2. The van der Waals surface area contributed by atoms with Crippen LogP contribution in [0.1, 0.15) is 311 Å². The van der Waals surface area contributed by atoms with Gasteiger partial charge in [-0.3, -0.25) is 14.4 Å². The van der Waals surface area contributed by atoms with Gasteiger partial charge < -0.3 is 14.2 Å². The van der Waals surface area contributed by atoms with Gasteiger partial charge in [0.2, 0.25) is 0 Å². The van der Waals surface area contributed by atoms with Crippen LogP contribution in [0.3, 0.4) is 0 Å². The van der Waals surface area contributed by atoms with Crippen molar-refractivity contribution < 1.29 is 28.6 Å². The third-order valence-corrected chi connectivity index (χ3v) is 12.7. The van der Waals surface area contributed by atoms with Gasteiger partial charge in [-0.2, -0.15) is 0 Å². The number of rotatable bonds is 50. The maximum absolute atomic E-state index is 12.8. The second kappa shape index (κ2) is 48.9. The lowest BCUT2D eigenvalue weighted by molar-refractivity contribution is -0.167. The molecule has 0 unspecified atom stereocenters. The van der Waals surface area contributed by atoms with Crippen molar-refractivity contribution >= 4 is 17.9 Å². The number of unbranched alkanes of at least 4 members (excludes halogenated alkanes) is 35. The van der Waals surface area contributed by atoms with Gasteiger partial charge in [-0.15, -0.1) is 0 Å². The molecule has 0 fully saturated rings. The predicted octanol–water partition coefficient (Wildman–Crippen LogP) is 18.1. The first kappa shape index (κ1) is 60.4. The molecule has 6 nitrogen and oxygen atoms in total. The number of carbonyl (C=O) groups excluding carboxylic acids is 3. The van der Waals surface area contributed by atoms with E-state index in [0.717, 1.165) is 69.6 Å². The van der Waals surface area contributed by atoms with E-state index in [1.54, 1.807) is 0 Å². The highest BCUT2D eigenvalue weighted by Crippen LogP contribution is 2.18. The molecule has 0 rings (SSSR count). The van der Waals surface area contributed by atoms with Gasteiger partial charge in [0.1, 0.15) is 13.2 Å². The molecule has 0 aliphatic carbocycles. The molecule has 0 N–H and O–H groups in total. The summed E-state index contributed by atoms with van der Waals surface area (Å²) in [4.78, 5) is 38.0. The minimum Gasteiger partial charge on any atom is -0.462 e. The topological polar surface area (TPSA) is 78.9 Å². The Kier molecular flexibility index (Phi) is 47.6. The predicted molar refractivity (Wildman–Crippen MR) is 266 cm³/mol. The molecule has 0 spiro atoms. The zero-order chi connectivity index (χ0) is 45.4. The van der Waals surface area contributed by atoms with Crippen LogP contribution in [-0.4, -0.2) is 37.2 Å². The van der Waals surface area contributed by atoms with Crippen LogP contribution < -0.4 is 0 Å². The smallest absolute Gasteiger partial charge is 0.306 e. The number of hydrogen-bond acceptors (Lipinski definition) is 6. The quantitative estimate of drug-likeness (QED) is 0.0344. The average molecular weight is 877 g/mol. The van der Waals surface area contributed by atoms with Crippen LogP contribution in [0.25, 0.3) is 0 Å². The van der Waals surface area contributed by atoms with Crippen molar-refractivity contribution in [3.05, 3.63) is 0 Å². The van der Waals surface area contributed by atoms with Crippen molar-refractivity contribution in [3.8, 4) is 0 Å². The summed E-state index contributed by atoms with van der Waals surface area (Å²) in [6, 6.07) is 0. The Morgan fingerprint density at radius 1 is 0.306 bits per heavy atom. The van der Waals surface area contributed by atoms with Crippen LogP contribution >= 0.6 is 0 Å². The van der Waals surface area contributed by atoms with E-state index in [0.29, 0.717) is 19.3 Å². The fraction of sp³-hybridized carbons (Fsp3) is 0.946. The summed E-state index contributed by atoms with van der Waals surface area (Å²) in [5, 5.41) is 0. The Morgan fingerprint density at radius 3 is 0.790 bits per heavy atom. The van der Waals surface area contributed by atoms with Crippen LogP contribution in [0.15, 0.2) is 0 Å². The lowest BCUT2D eigenvalue weighted by Gasteiger charge is -2.18.